The first-order valence-corrected chi connectivity index (χ1v) is 10.7. The van der Waals surface area contributed by atoms with Gasteiger partial charge in [-0.25, -0.2) is 4.98 Å². The normalized spacial score (nSPS) is 10.4. The highest BCUT2D eigenvalue weighted by Gasteiger charge is 2.16. The summed E-state index contributed by atoms with van der Waals surface area (Å²) in [7, 11) is 1.48. The van der Waals surface area contributed by atoms with E-state index in [1.54, 1.807) is 30.5 Å². The van der Waals surface area contributed by atoms with E-state index < -0.39 is 0 Å². The summed E-state index contributed by atoms with van der Waals surface area (Å²) in [6.45, 7) is 0.263. The topological polar surface area (TPSA) is 106 Å². The Morgan fingerprint density at radius 2 is 1.62 bits per heavy atom. The molecular weight excluding hydrogens is 428 g/mol. The van der Waals surface area contributed by atoms with Crippen LogP contribution in [-0.2, 0) is 6.54 Å². The van der Waals surface area contributed by atoms with Crippen molar-refractivity contribution in [2.75, 3.05) is 18.2 Å². The first-order chi connectivity index (χ1) is 16.5. The number of methoxy groups -OCH3 is 1. The zero-order valence-electron chi connectivity index (χ0n) is 18.6. The molecule has 0 spiro atoms. The van der Waals surface area contributed by atoms with Gasteiger partial charge in [0.1, 0.15) is 11.6 Å². The standard InChI is InChI=1S/C27H24N4O3/c1-34-24-13-10-21(15-23(24)27(33)30-17-18-7-14-25(28)29-16-18)26(32)31-22-11-8-20(9-12-22)19-5-3-2-4-6-19/h2-16H,17H2,1H3,(H2,28,29)(H,30,33)(H,31,32). The van der Waals surface area contributed by atoms with E-state index in [-0.39, 0.29) is 23.9 Å². The van der Waals surface area contributed by atoms with E-state index in [1.165, 1.54) is 13.2 Å². The van der Waals surface area contributed by atoms with Gasteiger partial charge in [-0.05, 0) is 53.1 Å². The minimum atomic E-state index is -0.365. The molecule has 0 fully saturated rings. The van der Waals surface area contributed by atoms with Crippen molar-refractivity contribution in [3.8, 4) is 16.9 Å². The van der Waals surface area contributed by atoms with Crippen LogP contribution in [0, 0.1) is 0 Å². The fourth-order valence-electron chi connectivity index (χ4n) is 3.42. The highest BCUT2D eigenvalue weighted by Crippen LogP contribution is 2.23. The third-order valence-electron chi connectivity index (χ3n) is 5.26. The number of rotatable bonds is 7. The maximum atomic E-state index is 12.9. The highest BCUT2D eigenvalue weighted by atomic mass is 16.5. The fourth-order valence-corrected chi connectivity index (χ4v) is 3.42. The molecule has 4 rings (SSSR count). The van der Waals surface area contributed by atoms with Crippen molar-refractivity contribution in [3.63, 3.8) is 0 Å². The van der Waals surface area contributed by atoms with Crippen LogP contribution in [0.4, 0.5) is 11.5 Å². The SMILES string of the molecule is COc1ccc(C(=O)Nc2ccc(-c3ccccc3)cc2)cc1C(=O)NCc1ccc(N)nc1. The molecule has 0 unspecified atom stereocenters. The second-order valence-electron chi connectivity index (χ2n) is 7.59. The molecule has 0 radical (unpaired) electrons. The quantitative estimate of drug-likeness (QED) is 0.382. The van der Waals surface area contributed by atoms with Crippen molar-refractivity contribution in [1.29, 1.82) is 0 Å². The van der Waals surface area contributed by atoms with Crippen LogP contribution in [0.2, 0.25) is 0 Å². The van der Waals surface area contributed by atoms with Crippen LogP contribution >= 0.6 is 0 Å². The summed E-state index contributed by atoms with van der Waals surface area (Å²) in [6, 6.07) is 25.8. The van der Waals surface area contributed by atoms with Crippen molar-refractivity contribution in [2.45, 2.75) is 6.54 Å². The number of nitrogen functional groups attached to an aromatic ring is 1. The lowest BCUT2D eigenvalue weighted by molar-refractivity contribution is 0.0948. The minimum Gasteiger partial charge on any atom is -0.496 e. The number of amides is 2. The maximum absolute atomic E-state index is 12.9. The van der Waals surface area contributed by atoms with Crippen molar-refractivity contribution in [2.24, 2.45) is 0 Å². The van der Waals surface area contributed by atoms with Crippen molar-refractivity contribution < 1.29 is 14.3 Å². The lowest BCUT2D eigenvalue weighted by atomic mass is 10.1. The van der Waals surface area contributed by atoms with Crippen molar-refractivity contribution in [1.82, 2.24) is 10.3 Å². The van der Waals surface area contributed by atoms with Gasteiger partial charge in [-0.15, -0.1) is 0 Å². The van der Waals surface area contributed by atoms with E-state index in [2.05, 4.69) is 15.6 Å². The van der Waals surface area contributed by atoms with E-state index in [0.717, 1.165) is 16.7 Å². The molecule has 0 aliphatic carbocycles. The molecule has 4 N–H and O–H groups in total. The Hall–Kier alpha value is -4.65. The molecule has 2 amide bonds. The number of anilines is 2. The van der Waals surface area contributed by atoms with Crippen LogP contribution in [0.3, 0.4) is 0 Å². The fraction of sp³-hybridized carbons (Fsp3) is 0.0741. The number of ether oxygens (including phenoxy) is 1. The second kappa shape index (κ2) is 10.3. The van der Waals surface area contributed by atoms with Gasteiger partial charge in [-0.3, -0.25) is 9.59 Å². The smallest absolute Gasteiger partial charge is 0.255 e. The zero-order valence-corrected chi connectivity index (χ0v) is 18.6. The van der Waals surface area contributed by atoms with Gasteiger partial charge >= 0.3 is 0 Å². The van der Waals surface area contributed by atoms with E-state index >= 15 is 0 Å². The Labute approximate surface area is 197 Å². The summed E-state index contributed by atoms with van der Waals surface area (Å²) in [6.07, 6.45) is 1.60. The number of pyridine rings is 1. The molecule has 0 saturated heterocycles. The van der Waals surface area contributed by atoms with Crippen LogP contribution in [0.5, 0.6) is 5.75 Å². The third kappa shape index (κ3) is 5.39. The van der Waals surface area contributed by atoms with Crippen LogP contribution in [0.25, 0.3) is 11.1 Å². The summed E-state index contributed by atoms with van der Waals surface area (Å²) in [4.78, 5) is 29.7. The Bertz CT molecular complexity index is 1290. The number of hydrogen-bond donors (Lipinski definition) is 3. The third-order valence-corrected chi connectivity index (χ3v) is 5.26. The molecule has 3 aromatic carbocycles. The van der Waals surface area contributed by atoms with Gasteiger partial charge in [0.2, 0.25) is 0 Å². The average molecular weight is 453 g/mol. The molecule has 34 heavy (non-hydrogen) atoms. The van der Waals surface area contributed by atoms with Crippen molar-refractivity contribution >= 4 is 23.3 Å². The first-order valence-electron chi connectivity index (χ1n) is 10.7. The number of carbonyl (C=O) groups excluding carboxylic acids is 2. The van der Waals surface area contributed by atoms with Gasteiger partial charge < -0.3 is 21.1 Å². The number of hydrogen-bond acceptors (Lipinski definition) is 5. The highest BCUT2D eigenvalue weighted by molar-refractivity contribution is 6.07. The van der Waals surface area contributed by atoms with Crippen LogP contribution in [-0.4, -0.2) is 23.9 Å². The molecule has 1 aromatic heterocycles. The number of nitrogens with one attached hydrogen (secondary N) is 2. The zero-order chi connectivity index (χ0) is 23.9. The molecule has 0 aliphatic heterocycles. The van der Waals surface area contributed by atoms with Gasteiger partial charge in [0.05, 0.1) is 12.7 Å². The van der Waals surface area contributed by atoms with Crippen LogP contribution < -0.4 is 21.1 Å². The molecule has 7 heteroatoms. The largest absolute Gasteiger partial charge is 0.496 e. The van der Waals surface area contributed by atoms with Gasteiger partial charge in [-0.1, -0.05) is 48.5 Å². The molecule has 7 nitrogen and oxygen atoms in total. The minimum absolute atomic E-state index is 0.262. The number of aromatic nitrogens is 1. The summed E-state index contributed by atoms with van der Waals surface area (Å²) < 4.78 is 5.32. The average Bonchev–Trinajstić information content (AvgIpc) is 2.88. The molecule has 0 atom stereocenters. The maximum Gasteiger partial charge on any atom is 0.255 e. The predicted octanol–water partition coefficient (Wildman–Crippen LogP) is 4.52. The van der Waals surface area contributed by atoms with Crippen molar-refractivity contribution in [3.05, 3.63) is 108 Å². The van der Waals surface area contributed by atoms with Crippen LogP contribution in [0.15, 0.2) is 91.1 Å². The molecule has 0 aliphatic rings. The van der Waals surface area contributed by atoms with E-state index in [4.69, 9.17) is 10.5 Å². The monoisotopic (exact) mass is 452 g/mol. The number of benzene rings is 3. The van der Waals surface area contributed by atoms with E-state index in [0.29, 0.717) is 22.8 Å². The lowest BCUT2D eigenvalue weighted by Crippen LogP contribution is -2.24. The van der Waals surface area contributed by atoms with Crippen LogP contribution in [0.1, 0.15) is 26.3 Å². The van der Waals surface area contributed by atoms with E-state index in [1.807, 2.05) is 54.6 Å². The first kappa shape index (κ1) is 22.5. The second-order valence-corrected chi connectivity index (χ2v) is 7.59. The molecule has 170 valence electrons. The van der Waals surface area contributed by atoms with Gasteiger partial charge in [-0.2, -0.15) is 0 Å². The Kier molecular flexibility index (Phi) is 6.84. The molecule has 0 saturated carbocycles. The summed E-state index contributed by atoms with van der Waals surface area (Å²) in [5, 5.41) is 5.69. The molecule has 1 heterocycles. The molecule has 4 aromatic rings. The van der Waals surface area contributed by atoms with Gasteiger partial charge in [0, 0.05) is 24.0 Å². The van der Waals surface area contributed by atoms with Gasteiger partial charge in [0.25, 0.3) is 11.8 Å². The lowest BCUT2D eigenvalue weighted by Gasteiger charge is -2.12. The summed E-state index contributed by atoms with van der Waals surface area (Å²) >= 11 is 0. The predicted molar refractivity (Wildman–Crippen MR) is 133 cm³/mol. The Balaban J connectivity index is 1.46. The number of nitrogens with zero attached hydrogens (tertiary/aromatic N) is 1. The number of carbonyl (C=O) groups is 2. The molecular formula is C27H24N4O3. The van der Waals surface area contributed by atoms with Gasteiger partial charge in [0.15, 0.2) is 0 Å². The summed E-state index contributed by atoms with van der Waals surface area (Å²) in [5.41, 5.74) is 9.80. The number of nitrogens with two attached hydrogens (primary N) is 1. The Morgan fingerprint density at radius 3 is 2.29 bits per heavy atom. The Morgan fingerprint density at radius 1 is 0.882 bits per heavy atom. The van der Waals surface area contributed by atoms with E-state index in [9.17, 15) is 9.59 Å². The molecule has 0 bridgehead atoms. The summed E-state index contributed by atoms with van der Waals surface area (Å²) in [5.74, 6) is 0.0873.